The maximum Gasteiger partial charge on any atom is 0.289 e. The van der Waals surface area contributed by atoms with Gasteiger partial charge >= 0.3 is 0 Å². The van der Waals surface area contributed by atoms with E-state index in [-0.39, 0.29) is 18.1 Å². The minimum atomic E-state index is -0.125. The lowest BCUT2D eigenvalue weighted by molar-refractivity contribution is -0.0608. The van der Waals surface area contributed by atoms with Crippen molar-refractivity contribution in [3.05, 3.63) is 54.0 Å². The van der Waals surface area contributed by atoms with E-state index in [0.717, 1.165) is 23.4 Å². The number of fused-ring (bicyclic) bond motifs is 3. The van der Waals surface area contributed by atoms with Gasteiger partial charge in [0, 0.05) is 18.7 Å². The van der Waals surface area contributed by atoms with Crippen molar-refractivity contribution in [2.45, 2.75) is 25.2 Å². The molecule has 1 aromatic carbocycles. The summed E-state index contributed by atoms with van der Waals surface area (Å²) >= 11 is 0. The Morgan fingerprint density at radius 3 is 3.11 bits per heavy atom. The second-order valence-electron chi connectivity index (χ2n) is 7.02. The summed E-state index contributed by atoms with van der Waals surface area (Å²) in [6, 6.07) is 11.1. The highest BCUT2D eigenvalue weighted by atomic mass is 16.5. The fraction of sp³-hybridized carbons (Fsp3) is 0.350. The predicted molar refractivity (Wildman–Crippen MR) is 98.9 cm³/mol. The van der Waals surface area contributed by atoms with Crippen LogP contribution in [0.4, 0.5) is 0 Å². The van der Waals surface area contributed by atoms with E-state index in [0.29, 0.717) is 31.2 Å². The molecule has 1 amide bonds. The number of likely N-dealkylation sites (tertiary alicyclic amines) is 1. The molecule has 2 aliphatic rings. The first-order chi connectivity index (χ1) is 13.7. The molecule has 2 aliphatic heterocycles. The van der Waals surface area contributed by atoms with Gasteiger partial charge in [-0.15, -0.1) is 5.10 Å². The Labute approximate surface area is 161 Å². The summed E-state index contributed by atoms with van der Waals surface area (Å²) in [5, 5.41) is 8.16. The smallest absolute Gasteiger partial charge is 0.289 e. The van der Waals surface area contributed by atoms with E-state index in [1.165, 1.54) is 0 Å². The van der Waals surface area contributed by atoms with E-state index in [2.05, 4.69) is 10.3 Å². The Bertz CT molecular complexity index is 1010. The predicted octanol–water partition coefficient (Wildman–Crippen LogP) is 2.53. The summed E-state index contributed by atoms with van der Waals surface area (Å²) < 4.78 is 18.9. The third kappa shape index (κ3) is 2.86. The Morgan fingerprint density at radius 1 is 1.29 bits per heavy atom. The van der Waals surface area contributed by atoms with Crippen LogP contribution in [0.2, 0.25) is 0 Å². The van der Waals surface area contributed by atoms with E-state index < -0.39 is 0 Å². The van der Waals surface area contributed by atoms with E-state index in [9.17, 15) is 4.79 Å². The van der Waals surface area contributed by atoms with Crippen LogP contribution in [0.15, 0.2) is 47.0 Å². The first kappa shape index (κ1) is 17.0. The average Bonchev–Trinajstić information content (AvgIpc) is 3.42. The van der Waals surface area contributed by atoms with E-state index in [1.54, 1.807) is 24.3 Å². The summed E-state index contributed by atoms with van der Waals surface area (Å²) in [6.07, 6.45) is 2.53. The van der Waals surface area contributed by atoms with Gasteiger partial charge in [-0.1, -0.05) is 17.3 Å². The van der Waals surface area contributed by atoms with Crippen molar-refractivity contribution < 1.29 is 18.7 Å². The molecule has 1 fully saturated rings. The average molecular weight is 380 g/mol. The Balaban J connectivity index is 1.36. The summed E-state index contributed by atoms with van der Waals surface area (Å²) in [4.78, 5) is 14.8. The van der Waals surface area contributed by atoms with Gasteiger partial charge in [-0.25, -0.2) is 4.68 Å². The number of carbonyl (C=O) groups excluding carboxylic acids is 1. The number of furan rings is 1. The Kier molecular flexibility index (Phi) is 4.12. The number of ether oxygens (including phenoxy) is 2. The summed E-state index contributed by atoms with van der Waals surface area (Å²) in [6.45, 7) is 1.67. The largest absolute Gasteiger partial charge is 0.497 e. The number of aromatic nitrogens is 3. The lowest BCUT2D eigenvalue weighted by Crippen LogP contribution is -2.49. The highest BCUT2D eigenvalue weighted by Gasteiger charge is 2.38. The molecule has 0 bridgehead atoms. The molecule has 144 valence electrons. The summed E-state index contributed by atoms with van der Waals surface area (Å²) in [5.41, 5.74) is 1.80. The molecular weight excluding hydrogens is 360 g/mol. The number of hydrogen-bond acceptors (Lipinski definition) is 6. The van der Waals surface area contributed by atoms with Gasteiger partial charge < -0.3 is 18.8 Å². The van der Waals surface area contributed by atoms with Crippen molar-refractivity contribution in [1.29, 1.82) is 0 Å². The molecule has 0 spiro atoms. The molecule has 4 heterocycles. The molecular formula is C20H20N4O4. The number of carbonyl (C=O) groups is 1. The summed E-state index contributed by atoms with van der Waals surface area (Å²) in [7, 11) is 1.62. The van der Waals surface area contributed by atoms with Crippen molar-refractivity contribution in [2.75, 3.05) is 20.2 Å². The normalized spacial score (nSPS) is 21.1. The van der Waals surface area contributed by atoms with Gasteiger partial charge in [-0.3, -0.25) is 4.79 Å². The quantitative estimate of drug-likeness (QED) is 0.694. The van der Waals surface area contributed by atoms with Crippen molar-refractivity contribution in [3.63, 3.8) is 0 Å². The highest BCUT2D eigenvalue weighted by Crippen LogP contribution is 2.31. The molecule has 8 nitrogen and oxygen atoms in total. The van der Waals surface area contributed by atoms with Crippen molar-refractivity contribution in [3.8, 4) is 17.1 Å². The van der Waals surface area contributed by atoms with E-state index in [4.69, 9.17) is 13.9 Å². The number of benzene rings is 1. The van der Waals surface area contributed by atoms with Gasteiger partial charge in [-0.05, 0) is 30.7 Å². The lowest BCUT2D eigenvalue weighted by Gasteiger charge is -2.40. The summed E-state index contributed by atoms with van der Waals surface area (Å²) in [5.74, 6) is 1.58. The number of rotatable bonds is 3. The SMILES string of the molecule is COc1cccc(-c2ccc(C(=O)N3CC[C@@H]4OCc5cnnn5[C@H]4C3)o2)c1. The van der Waals surface area contributed by atoms with Crippen LogP contribution in [-0.4, -0.2) is 52.1 Å². The van der Waals surface area contributed by atoms with Gasteiger partial charge in [-0.2, -0.15) is 0 Å². The topological polar surface area (TPSA) is 82.6 Å². The van der Waals surface area contributed by atoms with Crippen molar-refractivity contribution in [1.82, 2.24) is 19.9 Å². The van der Waals surface area contributed by atoms with Crippen LogP contribution in [0, 0.1) is 0 Å². The fourth-order valence-corrected chi connectivity index (χ4v) is 3.90. The zero-order valence-electron chi connectivity index (χ0n) is 15.4. The second-order valence-corrected chi connectivity index (χ2v) is 7.02. The zero-order valence-corrected chi connectivity index (χ0v) is 15.4. The minimum Gasteiger partial charge on any atom is -0.497 e. The first-order valence-electron chi connectivity index (χ1n) is 9.27. The van der Waals surface area contributed by atoms with Crippen LogP contribution < -0.4 is 4.74 Å². The zero-order chi connectivity index (χ0) is 19.1. The maximum absolute atomic E-state index is 13.0. The molecule has 8 heteroatoms. The van der Waals surface area contributed by atoms with Gasteiger partial charge in [0.2, 0.25) is 0 Å². The molecule has 0 aliphatic carbocycles. The van der Waals surface area contributed by atoms with E-state index in [1.807, 2.05) is 35.0 Å². The van der Waals surface area contributed by atoms with Gasteiger partial charge in [0.15, 0.2) is 5.76 Å². The molecule has 3 aromatic rings. The molecule has 2 aromatic heterocycles. The minimum absolute atomic E-state index is 0.0169. The first-order valence-corrected chi connectivity index (χ1v) is 9.27. The fourth-order valence-electron chi connectivity index (χ4n) is 3.90. The van der Waals surface area contributed by atoms with Crippen LogP contribution in [0.3, 0.4) is 0 Å². The van der Waals surface area contributed by atoms with Gasteiger partial charge in [0.25, 0.3) is 5.91 Å². The molecule has 0 saturated carbocycles. The van der Waals surface area contributed by atoms with E-state index >= 15 is 0 Å². The molecule has 5 rings (SSSR count). The number of methoxy groups -OCH3 is 1. The van der Waals surface area contributed by atoms with Gasteiger partial charge in [0.1, 0.15) is 11.5 Å². The molecule has 28 heavy (non-hydrogen) atoms. The monoisotopic (exact) mass is 380 g/mol. The third-order valence-corrected chi connectivity index (χ3v) is 5.39. The molecule has 0 radical (unpaired) electrons. The highest BCUT2D eigenvalue weighted by molar-refractivity contribution is 5.92. The Hall–Kier alpha value is -3.13. The number of nitrogens with zero attached hydrogens (tertiary/aromatic N) is 4. The third-order valence-electron chi connectivity index (χ3n) is 5.39. The van der Waals surface area contributed by atoms with Crippen LogP contribution in [0.25, 0.3) is 11.3 Å². The molecule has 0 N–H and O–H groups in total. The number of hydrogen-bond donors (Lipinski definition) is 0. The molecule has 0 unspecified atom stereocenters. The number of amides is 1. The van der Waals surface area contributed by atoms with Crippen LogP contribution in [0.5, 0.6) is 5.75 Å². The Morgan fingerprint density at radius 2 is 2.21 bits per heavy atom. The molecule has 1 saturated heterocycles. The lowest BCUT2D eigenvalue weighted by atomic mass is 10.00. The van der Waals surface area contributed by atoms with Crippen LogP contribution in [-0.2, 0) is 11.3 Å². The van der Waals surface area contributed by atoms with Gasteiger partial charge in [0.05, 0.1) is 37.8 Å². The standard InChI is InChI=1S/C20H20N4O4/c1-26-15-4-2-3-13(9-15)17-5-6-19(28-17)20(25)23-8-7-18-16(11-23)24-14(12-27-18)10-21-22-24/h2-6,9-10,16,18H,7-8,11-12H2,1H3/t16-,18-/m0/s1. The number of piperidine rings is 1. The maximum atomic E-state index is 13.0. The molecule has 2 atom stereocenters. The second kappa shape index (κ2) is 6.79. The van der Waals surface area contributed by atoms with Crippen molar-refractivity contribution in [2.24, 2.45) is 0 Å². The van der Waals surface area contributed by atoms with Crippen LogP contribution in [0.1, 0.15) is 28.7 Å². The van der Waals surface area contributed by atoms with Crippen molar-refractivity contribution >= 4 is 5.91 Å². The van der Waals surface area contributed by atoms with Crippen LogP contribution >= 0.6 is 0 Å².